The third-order valence-electron chi connectivity index (χ3n) is 2.12. The first kappa shape index (κ1) is 11.2. The molecule has 0 fully saturated rings. The molecule has 1 rings (SSSR count). The van der Waals surface area contributed by atoms with Gasteiger partial charge in [0.2, 0.25) is 0 Å². The van der Waals surface area contributed by atoms with Gasteiger partial charge in [-0.15, -0.1) is 0 Å². The Morgan fingerprint density at radius 2 is 2.21 bits per heavy atom. The third-order valence-corrected chi connectivity index (χ3v) is 2.12. The highest BCUT2D eigenvalue weighted by Gasteiger charge is 2.12. The number of aliphatic hydroxyl groups excluding tert-OH is 1. The molecule has 0 aromatic carbocycles. The third kappa shape index (κ3) is 2.56. The van der Waals surface area contributed by atoms with Gasteiger partial charge in [-0.05, 0) is 12.8 Å². The van der Waals surface area contributed by atoms with Crippen LogP contribution in [0.4, 0.5) is 0 Å². The van der Waals surface area contributed by atoms with Crippen molar-refractivity contribution in [2.24, 2.45) is 11.7 Å². The average molecular weight is 197 g/mol. The molecule has 3 N–H and O–H groups in total. The fourth-order valence-electron chi connectivity index (χ4n) is 1.46. The molecule has 0 radical (unpaired) electrons. The zero-order valence-electron chi connectivity index (χ0n) is 9.07. The van der Waals surface area contributed by atoms with E-state index in [1.807, 2.05) is 17.8 Å². The van der Waals surface area contributed by atoms with Crippen molar-refractivity contribution in [1.82, 2.24) is 9.78 Å². The molecule has 1 aromatic heterocycles. The predicted molar refractivity (Wildman–Crippen MR) is 55.8 cm³/mol. The summed E-state index contributed by atoms with van der Waals surface area (Å²) in [7, 11) is 0. The van der Waals surface area contributed by atoms with Crippen molar-refractivity contribution in [3.05, 3.63) is 17.5 Å². The van der Waals surface area contributed by atoms with Crippen molar-refractivity contribution >= 4 is 0 Å². The topological polar surface area (TPSA) is 64.1 Å². The minimum atomic E-state index is -0.587. The second-order valence-corrected chi connectivity index (χ2v) is 4.04. The molecule has 0 aliphatic carbocycles. The molecule has 0 aliphatic rings. The summed E-state index contributed by atoms with van der Waals surface area (Å²) in [4.78, 5) is 0. The number of nitrogens with two attached hydrogens (primary N) is 1. The Kier molecular flexibility index (Phi) is 3.66. The van der Waals surface area contributed by atoms with Crippen molar-refractivity contribution in [3.63, 3.8) is 0 Å². The molecular formula is C10H19N3O. The highest BCUT2D eigenvalue weighted by Crippen LogP contribution is 2.15. The van der Waals surface area contributed by atoms with Gasteiger partial charge in [-0.1, -0.05) is 13.8 Å². The summed E-state index contributed by atoms with van der Waals surface area (Å²) in [5, 5.41) is 13.9. The molecule has 4 heteroatoms. The van der Waals surface area contributed by atoms with Crippen LogP contribution in [-0.2, 0) is 6.54 Å². The van der Waals surface area contributed by atoms with E-state index in [9.17, 15) is 5.11 Å². The highest BCUT2D eigenvalue weighted by atomic mass is 16.3. The van der Waals surface area contributed by atoms with Crippen molar-refractivity contribution in [3.8, 4) is 0 Å². The Bertz CT molecular complexity index is 294. The maximum Gasteiger partial charge on any atom is 0.0945 e. The van der Waals surface area contributed by atoms with Crippen LogP contribution in [0, 0.1) is 12.8 Å². The largest absolute Gasteiger partial charge is 0.387 e. The Morgan fingerprint density at radius 3 is 2.71 bits per heavy atom. The number of aryl methyl sites for hydroxylation is 1. The fraction of sp³-hybridized carbons (Fsp3) is 0.700. The van der Waals surface area contributed by atoms with Gasteiger partial charge in [-0.25, -0.2) is 0 Å². The normalized spacial score (nSPS) is 13.6. The number of nitrogens with zero attached hydrogens (tertiary/aromatic N) is 2. The molecule has 0 saturated carbocycles. The van der Waals surface area contributed by atoms with Crippen LogP contribution in [0.2, 0.25) is 0 Å². The van der Waals surface area contributed by atoms with Crippen LogP contribution in [0.25, 0.3) is 0 Å². The summed E-state index contributed by atoms with van der Waals surface area (Å²) in [6.45, 7) is 7.28. The van der Waals surface area contributed by atoms with E-state index in [2.05, 4.69) is 18.9 Å². The number of aliphatic hydroxyl groups is 1. The first-order valence-corrected chi connectivity index (χ1v) is 4.96. The van der Waals surface area contributed by atoms with Gasteiger partial charge in [-0.3, -0.25) is 4.68 Å². The van der Waals surface area contributed by atoms with Crippen LogP contribution in [0.5, 0.6) is 0 Å². The maximum absolute atomic E-state index is 9.58. The minimum absolute atomic E-state index is 0.244. The number of hydrogen-bond donors (Lipinski definition) is 2. The maximum atomic E-state index is 9.58. The number of hydrogen-bond acceptors (Lipinski definition) is 3. The van der Waals surface area contributed by atoms with Crippen LogP contribution in [0.1, 0.15) is 31.2 Å². The molecule has 4 nitrogen and oxygen atoms in total. The molecular weight excluding hydrogens is 178 g/mol. The molecule has 0 aliphatic heterocycles. The summed E-state index contributed by atoms with van der Waals surface area (Å²) in [6, 6.07) is 0. The second-order valence-electron chi connectivity index (χ2n) is 4.04. The fourth-order valence-corrected chi connectivity index (χ4v) is 1.46. The van der Waals surface area contributed by atoms with Crippen molar-refractivity contribution in [2.45, 2.75) is 33.4 Å². The van der Waals surface area contributed by atoms with Crippen LogP contribution in [-0.4, -0.2) is 21.4 Å². The summed E-state index contributed by atoms with van der Waals surface area (Å²) < 4.78 is 1.87. The second kappa shape index (κ2) is 4.57. The molecule has 1 unspecified atom stereocenters. The van der Waals surface area contributed by atoms with Gasteiger partial charge >= 0.3 is 0 Å². The Hall–Kier alpha value is -0.870. The molecule has 1 aromatic rings. The van der Waals surface area contributed by atoms with E-state index in [4.69, 9.17) is 5.73 Å². The van der Waals surface area contributed by atoms with E-state index in [1.54, 1.807) is 0 Å². The van der Waals surface area contributed by atoms with Gasteiger partial charge in [0.1, 0.15) is 0 Å². The highest BCUT2D eigenvalue weighted by molar-refractivity contribution is 5.18. The van der Waals surface area contributed by atoms with Gasteiger partial charge < -0.3 is 10.8 Å². The summed E-state index contributed by atoms with van der Waals surface area (Å²) in [6.07, 6.45) is 1.29. The molecule has 14 heavy (non-hydrogen) atoms. The van der Waals surface area contributed by atoms with Gasteiger partial charge in [0, 0.05) is 24.8 Å². The van der Waals surface area contributed by atoms with E-state index in [1.165, 1.54) is 0 Å². The molecule has 1 heterocycles. The van der Waals surface area contributed by atoms with Gasteiger partial charge in [0.15, 0.2) is 0 Å². The van der Waals surface area contributed by atoms with Crippen LogP contribution in [0.3, 0.4) is 0 Å². The molecule has 0 amide bonds. The zero-order chi connectivity index (χ0) is 10.7. The lowest BCUT2D eigenvalue weighted by Crippen LogP contribution is -2.11. The van der Waals surface area contributed by atoms with Crippen LogP contribution < -0.4 is 5.73 Å². The van der Waals surface area contributed by atoms with Gasteiger partial charge in [0.05, 0.1) is 11.8 Å². The molecule has 0 saturated heterocycles. The summed E-state index contributed by atoms with van der Waals surface area (Å²) >= 11 is 0. The monoisotopic (exact) mass is 197 g/mol. The molecule has 0 bridgehead atoms. The van der Waals surface area contributed by atoms with E-state index in [0.29, 0.717) is 5.92 Å². The van der Waals surface area contributed by atoms with Gasteiger partial charge in [0.25, 0.3) is 0 Å². The molecule has 1 atom stereocenters. The van der Waals surface area contributed by atoms with Gasteiger partial charge in [-0.2, -0.15) is 5.10 Å². The quantitative estimate of drug-likeness (QED) is 0.751. The zero-order valence-corrected chi connectivity index (χ0v) is 9.07. The van der Waals surface area contributed by atoms with Crippen molar-refractivity contribution in [2.75, 3.05) is 6.54 Å². The smallest absolute Gasteiger partial charge is 0.0945 e. The predicted octanol–water partition coefficient (Wildman–Crippen LogP) is 0.840. The van der Waals surface area contributed by atoms with E-state index < -0.39 is 6.10 Å². The summed E-state index contributed by atoms with van der Waals surface area (Å²) in [5.41, 5.74) is 7.10. The first-order chi connectivity index (χ1) is 6.54. The Morgan fingerprint density at radius 1 is 1.57 bits per heavy atom. The van der Waals surface area contributed by atoms with E-state index in [-0.39, 0.29) is 6.54 Å². The lowest BCUT2D eigenvalue weighted by atomic mass is 10.1. The minimum Gasteiger partial charge on any atom is -0.387 e. The number of rotatable bonds is 4. The van der Waals surface area contributed by atoms with E-state index >= 15 is 0 Å². The number of aromatic nitrogens is 2. The summed E-state index contributed by atoms with van der Waals surface area (Å²) in [5.74, 6) is 0.553. The van der Waals surface area contributed by atoms with Crippen molar-refractivity contribution in [1.29, 1.82) is 0 Å². The van der Waals surface area contributed by atoms with E-state index in [0.717, 1.165) is 17.8 Å². The molecule has 80 valence electrons. The lowest BCUT2D eigenvalue weighted by molar-refractivity contribution is 0.186. The van der Waals surface area contributed by atoms with Crippen molar-refractivity contribution < 1.29 is 5.11 Å². The Balaban J connectivity index is 2.82. The SMILES string of the molecule is Cc1nn(CC(C)C)cc1C(O)CN. The lowest BCUT2D eigenvalue weighted by Gasteiger charge is -2.05. The standard InChI is InChI=1S/C10H19N3O/c1-7(2)5-13-6-9(8(3)12-13)10(14)4-11/h6-7,10,14H,4-5,11H2,1-3H3. The first-order valence-electron chi connectivity index (χ1n) is 4.96. The average Bonchev–Trinajstić information content (AvgIpc) is 2.44. The Labute approximate surface area is 84.7 Å². The molecule has 0 spiro atoms. The van der Waals surface area contributed by atoms with Crippen LogP contribution >= 0.6 is 0 Å². The van der Waals surface area contributed by atoms with Crippen LogP contribution in [0.15, 0.2) is 6.20 Å².